The van der Waals surface area contributed by atoms with Gasteiger partial charge in [0.1, 0.15) is 12.4 Å². The first-order valence-electron chi connectivity index (χ1n) is 7.04. The molecule has 0 radical (unpaired) electrons. The van der Waals surface area contributed by atoms with Crippen molar-refractivity contribution in [2.24, 2.45) is 0 Å². The van der Waals surface area contributed by atoms with E-state index in [1.807, 2.05) is 30.3 Å². The van der Waals surface area contributed by atoms with Gasteiger partial charge < -0.3 is 15.4 Å². The molecule has 2 aromatic rings. The van der Waals surface area contributed by atoms with Crippen LogP contribution in [0, 0.1) is 5.82 Å². The van der Waals surface area contributed by atoms with Crippen molar-refractivity contribution in [2.75, 3.05) is 12.4 Å². The topological polar surface area (TPSA) is 50.4 Å². The van der Waals surface area contributed by atoms with Crippen LogP contribution >= 0.6 is 0 Å². The molecule has 0 aliphatic heterocycles. The molecule has 2 aromatic carbocycles. The minimum Gasteiger partial charge on any atom is -0.445 e. The zero-order valence-corrected chi connectivity index (χ0v) is 12.6. The van der Waals surface area contributed by atoms with Crippen molar-refractivity contribution in [3.05, 3.63) is 65.5 Å². The first-order valence-corrected chi connectivity index (χ1v) is 7.04. The molecule has 22 heavy (non-hydrogen) atoms. The third-order valence-corrected chi connectivity index (χ3v) is 3.31. The Morgan fingerprint density at radius 1 is 1.23 bits per heavy atom. The van der Waals surface area contributed by atoms with Crippen molar-refractivity contribution in [3.63, 3.8) is 0 Å². The number of hydrogen-bond acceptors (Lipinski definition) is 3. The quantitative estimate of drug-likeness (QED) is 0.882. The molecule has 0 spiro atoms. The van der Waals surface area contributed by atoms with Gasteiger partial charge in [0.25, 0.3) is 0 Å². The molecule has 0 heterocycles. The number of benzene rings is 2. The molecule has 0 aliphatic rings. The van der Waals surface area contributed by atoms with Crippen LogP contribution in [0.2, 0.25) is 0 Å². The Labute approximate surface area is 129 Å². The summed E-state index contributed by atoms with van der Waals surface area (Å²) in [5.74, 6) is -0.355. The largest absolute Gasteiger partial charge is 0.445 e. The fourth-order valence-corrected chi connectivity index (χ4v) is 2.03. The molecule has 4 nitrogen and oxygen atoms in total. The second-order valence-electron chi connectivity index (χ2n) is 4.92. The predicted octanol–water partition coefficient (Wildman–Crippen LogP) is 3.85. The molecule has 2 N–H and O–H groups in total. The van der Waals surface area contributed by atoms with Crippen molar-refractivity contribution in [1.82, 2.24) is 5.32 Å². The lowest BCUT2D eigenvalue weighted by Gasteiger charge is -2.15. The summed E-state index contributed by atoms with van der Waals surface area (Å²) in [6.07, 6.45) is -0.533. The first-order chi connectivity index (χ1) is 10.6. The van der Waals surface area contributed by atoms with Gasteiger partial charge in [0.2, 0.25) is 0 Å². The molecule has 5 heteroatoms. The van der Waals surface area contributed by atoms with E-state index in [-0.39, 0.29) is 18.5 Å². The fraction of sp³-hybridized carbons (Fsp3) is 0.235. The highest BCUT2D eigenvalue weighted by Crippen LogP contribution is 2.19. The van der Waals surface area contributed by atoms with Gasteiger partial charge in [0, 0.05) is 7.05 Å². The van der Waals surface area contributed by atoms with E-state index in [2.05, 4.69) is 10.6 Å². The third kappa shape index (κ3) is 4.22. The summed E-state index contributed by atoms with van der Waals surface area (Å²) >= 11 is 0. The van der Waals surface area contributed by atoms with Crippen molar-refractivity contribution in [1.29, 1.82) is 0 Å². The Morgan fingerprint density at radius 2 is 1.95 bits per heavy atom. The van der Waals surface area contributed by atoms with E-state index in [0.717, 1.165) is 5.56 Å². The molecule has 0 saturated carbocycles. The van der Waals surface area contributed by atoms with Crippen LogP contribution in [-0.2, 0) is 11.3 Å². The maximum atomic E-state index is 13.7. The number of alkyl carbamates (subject to hydrolysis) is 1. The van der Waals surface area contributed by atoms with Gasteiger partial charge in [-0.1, -0.05) is 36.4 Å². The van der Waals surface area contributed by atoms with Crippen molar-refractivity contribution in [3.8, 4) is 0 Å². The Balaban J connectivity index is 1.89. The Bertz CT molecular complexity index is 632. The molecule has 0 bridgehead atoms. The maximum Gasteiger partial charge on any atom is 0.407 e. The molecular weight excluding hydrogens is 283 g/mol. The highest BCUT2D eigenvalue weighted by Gasteiger charge is 2.12. The minimum absolute atomic E-state index is 0.201. The van der Waals surface area contributed by atoms with Crippen LogP contribution < -0.4 is 10.6 Å². The second-order valence-corrected chi connectivity index (χ2v) is 4.92. The number of anilines is 1. The smallest absolute Gasteiger partial charge is 0.407 e. The van der Waals surface area contributed by atoms with Gasteiger partial charge in [-0.05, 0) is 30.2 Å². The molecular formula is C17H19FN2O2. The average molecular weight is 302 g/mol. The van der Waals surface area contributed by atoms with Gasteiger partial charge in [-0.2, -0.15) is 0 Å². The lowest BCUT2D eigenvalue weighted by Crippen LogP contribution is -2.27. The van der Waals surface area contributed by atoms with Crippen LogP contribution in [-0.4, -0.2) is 13.1 Å². The van der Waals surface area contributed by atoms with Crippen LogP contribution in [0.1, 0.15) is 24.1 Å². The lowest BCUT2D eigenvalue weighted by molar-refractivity contribution is 0.136. The number of hydrogen-bond donors (Lipinski definition) is 2. The standard InChI is InChI=1S/C17H19FN2O2/c1-12(14-8-9-16(19-2)15(18)10-14)20-17(21)22-11-13-6-4-3-5-7-13/h3-10,12,19H,11H2,1-2H3,(H,20,21). The van der Waals surface area contributed by atoms with E-state index in [0.29, 0.717) is 11.3 Å². The first kappa shape index (κ1) is 15.8. The van der Waals surface area contributed by atoms with E-state index in [9.17, 15) is 9.18 Å². The van der Waals surface area contributed by atoms with Crippen molar-refractivity contribution < 1.29 is 13.9 Å². The average Bonchev–Trinajstić information content (AvgIpc) is 2.53. The van der Waals surface area contributed by atoms with Gasteiger partial charge in [-0.15, -0.1) is 0 Å². The molecule has 0 saturated heterocycles. The highest BCUT2D eigenvalue weighted by atomic mass is 19.1. The van der Waals surface area contributed by atoms with Crippen LogP contribution in [0.4, 0.5) is 14.9 Å². The predicted molar refractivity (Wildman–Crippen MR) is 84.1 cm³/mol. The zero-order valence-electron chi connectivity index (χ0n) is 12.6. The molecule has 1 atom stereocenters. The normalized spacial score (nSPS) is 11.6. The second kappa shape index (κ2) is 7.45. The van der Waals surface area contributed by atoms with E-state index in [1.165, 1.54) is 6.07 Å². The van der Waals surface area contributed by atoms with Crippen LogP contribution in [0.3, 0.4) is 0 Å². The Hall–Kier alpha value is -2.56. The van der Waals surface area contributed by atoms with Gasteiger partial charge in [-0.3, -0.25) is 0 Å². The van der Waals surface area contributed by atoms with Crippen molar-refractivity contribution in [2.45, 2.75) is 19.6 Å². The summed E-state index contributed by atoms with van der Waals surface area (Å²) in [4.78, 5) is 11.8. The third-order valence-electron chi connectivity index (χ3n) is 3.31. The number of halogens is 1. The number of carbonyl (C=O) groups excluding carboxylic acids is 1. The maximum absolute atomic E-state index is 13.7. The van der Waals surface area contributed by atoms with E-state index in [4.69, 9.17) is 4.74 Å². The number of carbonyl (C=O) groups is 1. The fourth-order valence-electron chi connectivity index (χ4n) is 2.03. The summed E-state index contributed by atoms with van der Waals surface area (Å²) in [5, 5.41) is 5.44. The Morgan fingerprint density at radius 3 is 2.59 bits per heavy atom. The van der Waals surface area contributed by atoms with Gasteiger partial charge >= 0.3 is 6.09 Å². The van der Waals surface area contributed by atoms with Gasteiger partial charge in [-0.25, -0.2) is 9.18 Å². The highest BCUT2D eigenvalue weighted by molar-refractivity contribution is 5.68. The molecule has 0 aromatic heterocycles. The minimum atomic E-state index is -0.533. The zero-order chi connectivity index (χ0) is 15.9. The van der Waals surface area contributed by atoms with E-state index < -0.39 is 6.09 Å². The Kier molecular flexibility index (Phi) is 5.36. The molecule has 0 aliphatic carbocycles. The number of ether oxygens (including phenoxy) is 1. The van der Waals surface area contributed by atoms with Crippen molar-refractivity contribution >= 4 is 11.8 Å². The summed E-state index contributed by atoms with van der Waals surface area (Å²) in [5.41, 5.74) is 2.01. The molecule has 1 unspecified atom stereocenters. The van der Waals surface area contributed by atoms with Crippen LogP contribution in [0.5, 0.6) is 0 Å². The molecule has 0 fully saturated rings. The molecule has 2 rings (SSSR count). The molecule has 116 valence electrons. The van der Waals surface area contributed by atoms with E-state index in [1.54, 1.807) is 26.1 Å². The summed E-state index contributed by atoms with van der Waals surface area (Å²) in [7, 11) is 1.65. The van der Waals surface area contributed by atoms with Gasteiger partial charge in [0.15, 0.2) is 0 Å². The summed E-state index contributed by atoms with van der Waals surface area (Å²) in [6.45, 7) is 1.98. The summed E-state index contributed by atoms with van der Waals surface area (Å²) < 4.78 is 18.9. The van der Waals surface area contributed by atoms with Gasteiger partial charge in [0.05, 0.1) is 11.7 Å². The summed E-state index contributed by atoms with van der Waals surface area (Å²) in [6, 6.07) is 13.9. The number of rotatable bonds is 5. The molecule has 1 amide bonds. The lowest BCUT2D eigenvalue weighted by atomic mass is 10.1. The SMILES string of the molecule is CNc1ccc(C(C)NC(=O)OCc2ccccc2)cc1F. The number of amides is 1. The monoisotopic (exact) mass is 302 g/mol. The van der Waals surface area contributed by atoms with Crippen LogP contribution in [0.15, 0.2) is 48.5 Å². The van der Waals surface area contributed by atoms with E-state index >= 15 is 0 Å². The number of nitrogens with one attached hydrogen (secondary N) is 2. The van der Waals surface area contributed by atoms with Crippen LogP contribution in [0.25, 0.3) is 0 Å².